The molecule has 28 heteroatoms. The van der Waals surface area contributed by atoms with Crippen molar-refractivity contribution >= 4 is 83.7 Å². The third kappa shape index (κ3) is 71.5. The van der Waals surface area contributed by atoms with Crippen LogP contribution in [0.15, 0.2) is 180 Å². The fraction of sp³-hybridized carbons (Fsp3) is 0.429. The van der Waals surface area contributed by atoms with Crippen LogP contribution in [0.1, 0.15) is 162 Å². The van der Waals surface area contributed by atoms with Crippen molar-refractivity contribution in [2.24, 2.45) is 0 Å². The number of benzene rings is 6. The van der Waals surface area contributed by atoms with Crippen molar-refractivity contribution in [3.8, 4) is 0 Å². The summed E-state index contributed by atoms with van der Waals surface area (Å²) in [5.41, 5.74) is 0. The second-order valence-corrected chi connectivity index (χ2v) is 29.4. The van der Waals surface area contributed by atoms with E-state index in [4.69, 9.17) is 30.7 Å². The average molecular weight is 1430 g/mol. The number of halogens is 15. The van der Waals surface area contributed by atoms with Gasteiger partial charge in [-0.3, -0.25) is 0 Å². The molecule has 0 aliphatic carbocycles. The second kappa shape index (κ2) is 41.6. The molecule has 91 heavy (non-hydrogen) atoms. The SMILES string of the molecule is CCCCCCCCC/C=C/S(F)(F)(F)(F)F.CCCCCCCCC/C=C/S(F)(F)(F)(F)F.CS(=O)(=O)[O-].O=S(=O)=O.OCCCCCCCC/C=C/S(F)(F)(F)(F)F.[Na+].c1ccc2ccccc2c1.c1ccc2ccccc2c1.c1ccc2ccccc2c1. The van der Waals surface area contributed by atoms with Gasteiger partial charge in [-0.05, 0) is 77.3 Å². The molecule has 6 rings (SSSR count). The number of aliphatic hydroxyl groups excluding tert-OH is 1. The zero-order valence-electron chi connectivity index (χ0n) is 51.9. The third-order valence-electron chi connectivity index (χ3n) is 11.8. The van der Waals surface area contributed by atoms with Gasteiger partial charge >= 0.3 is 70.8 Å². The van der Waals surface area contributed by atoms with Crippen LogP contribution in [-0.4, -0.2) is 43.6 Å². The van der Waals surface area contributed by atoms with Gasteiger partial charge in [-0.25, -0.2) is 8.42 Å². The van der Waals surface area contributed by atoms with Crippen LogP contribution in [0.3, 0.4) is 0 Å². The largest absolute Gasteiger partial charge is 1.00 e. The minimum absolute atomic E-state index is 0. The van der Waals surface area contributed by atoms with Gasteiger partial charge in [0.25, 0.3) is 0 Å². The topological polar surface area (TPSA) is 129 Å². The predicted molar refractivity (Wildman–Crippen MR) is 349 cm³/mol. The van der Waals surface area contributed by atoms with E-state index in [9.17, 15) is 58.3 Å². The average Bonchev–Trinajstić information content (AvgIpc) is 0.797. The molecule has 0 amide bonds. The van der Waals surface area contributed by atoms with Gasteiger partial charge < -0.3 is 9.66 Å². The van der Waals surface area contributed by atoms with Gasteiger partial charge in [0.15, 0.2) is 0 Å². The van der Waals surface area contributed by atoms with E-state index < -0.39 is 67.6 Å². The number of hydrogen-bond donors (Lipinski definition) is 1. The molecule has 0 heterocycles. The standard InChI is InChI=1S/2C11H21F5S.C10H19F5OS.3C10H8.CH4O3S.Na.O3S/c2*1-2-3-4-5-6-7-8-9-10-11-17(12,13,14,15)16;11-17(12,13,14,15)10-8-6-4-2-1-3-5-7-9-16;3*1-2-6-10-8-4-3-7-9(10)5-1;1-5(2,3)4;;1-4(2)3/h2*10-11H,2-9H2,1H3;8,10,16H,1-7,9H2;3*1-8H;1H3,(H,2,3,4);;/q;;;;;;;+1;/p-1/b2*11-10+;10-8+;;;;;;. The molecule has 0 fully saturated rings. The number of fused-ring (bicyclic) bond motifs is 3. The van der Waals surface area contributed by atoms with E-state index in [2.05, 4.69) is 159 Å². The molecule has 0 atom stereocenters. The molecule has 0 bridgehead atoms. The van der Waals surface area contributed by atoms with Gasteiger partial charge in [-0.2, -0.15) is 0 Å². The van der Waals surface area contributed by atoms with E-state index in [0.717, 1.165) is 96.3 Å². The Morgan fingerprint density at radius 3 is 0.637 bits per heavy atom. The van der Waals surface area contributed by atoms with Crippen LogP contribution in [0.4, 0.5) is 58.3 Å². The van der Waals surface area contributed by atoms with E-state index >= 15 is 0 Å². The Bertz CT molecular complexity index is 2750. The number of unbranched alkanes of at least 4 members (excludes halogenated alkanes) is 20. The Morgan fingerprint density at radius 2 is 0.495 bits per heavy atom. The zero-order chi connectivity index (χ0) is 68.9. The maximum Gasteiger partial charge on any atom is 1.00 e. The number of aliphatic hydroxyl groups is 1. The molecule has 0 saturated carbocycles. The van der Waals surface area contributed by atoms with Gasteiger partial charge in [0.1, 0.15) is 0 Å². The molecule has 6 aromatic carbocycles. The van der Waals surface area contributed by atoms with Crippen molar-refractivity contribution in [2.75, 3.05) is 12.9 Å². The molecule has 0 aliphatic heterocycles. The molecular formula is C63H88F15NaO7S5. The number of hydrogen-bond acceptors (Lipinski definition) is 7. The van der Waals surface area contributed by atoms with Crippen molar-refractivity contribution in [1.82, 2.24) is 0 Å². The molecule has 0 aliphatic rings. The molecule has 0 unspecified atom stereocenters. The molecule has 6 aromatic rings. The van der Waals surface area contributed by atoms with Crippen LogP contribution in [0.25, 0.3) is 32.3 Å². The molecular weight excluding hydrogens is 1340 g/mol. The Kier molecular flexibility index (Phi) is 41.6. The maximum atomic E-state index is 11.8. The van der Waals surface area contributed by atoms with E-state index in [-0.39, 0.29) is 55.4 Å². The van der Waals surface area contributed by atoms with Crippen molar-refractivity contribution in [2.45, 2.75) is 162 Å². The van der Waals surface area contributed by atoms with E-state index in [1.807, 2.05) is 0 Å². The minimum atomic E-state index is -9.34. The first-order chi connectivity index (χ1) is 41.2. The molecule has 0 saturated heterocycles. The molecule has 7 nitrogen and oxygen atoms in total. The van der Waals surface area contributed by atoms with Crippen molar-refractivity contribution in [3.05, 3.63) is 180 Å². The molecule has 0 radical (unpaired) electrons. The van der Waals surface area contributed by atoms with E-state index in [1.165, 1.54) is 45.2 Å². The fourth-order valence-electron chi connectivity index (χ4n) is 7.67. The molecule has 518 valence electrons. The summed E-state index contributed by atoms with van der Waals surface area (Å²) in [7, 11) is -35.0. The number of rotatable bonds is 27. The smallest absolute Gasteiger partial charge is 0.748 e. The summed E-state index contributed by atoms with van der Waals surface area (Å²) in [6, 6.07) is 50.1. The minimum Gasteiger partial charge on any atom is -0.748 e. The summed E-state index contributed by atoms with van der Waals surface area (Å²) in [6.45, 7) is 4.35. The Labute approximate surface area is 552 Å². The van der Waals surface area contributed by atoms with Gasteiger partial charge in [-0.1, -0.05) is 339 Å². The quantitative estimate of drug-likeness (QED) is 0.0235. The summed E-state index contributed by atoms with van der Waals surface area (Å²) in [5, 5.41) is 13.8. The summed E-state index contributed by atoms with van der Waals surface area (Å²) < 4.78 is 230. The molecule has 0 aromatic heterocycles. The van der Waals surface area contributed by atoms with Gasteiger partial charge in [-0.15, -0.1) is 12.6 Å². The summed E-state index contributed by atoms with van der Waals surface area (Å²) in [4.78, 5) is 0. The Morgan fingerprint density at radius 1 is 0.352 bits per heavy atom. The summed E-state index contributed by atoms with van der Waals surface area (Å²) in [5.74, 6) is 0. The predicted octanol–water partition coefficient (Wildman–Crippen LogP) is 23.1. The Balaban J connectivity index is -0.00000100. The van der Waals surface area contributed by atoms with Gasteiger partial charge in [0.05, 0.1) is 26.3 Å². The van der Waals surface area contributed by atoms with Crippen LogP contribution < -0.4 is 29.6 Å². The van der Waals surface area contributed by atoms with Crippen LogP contribution in [-0.2, 0) is 20.7 Å². The van der Waals surface area contributed by atoms with E-state index in [0.29, 0.717) is 43.7 Å². The van der Waals surface area contributed by atoms with E-state index in [1.54, 1.807) is 0 Å². The van der Waals surface area contributed by atoms with Crippen molar-refractivity contribution in [3.63, 3.8) is 0 Å². The van der Waals surface area contributed by atoms with Gasteiger partial charge in [0.2, 0.25) is 0 Å². The summed E-state index contributed by atoms with van der Waals surface area (Å²) in [6.07, 6.45) is 20.6. The summed E-state index contributed by atoms with van der Waals surface area (Å²) >= 11 is 0. The Hall–Kier alpha value is -4.19. The first-order valence-corrected chi connectivity index (χ1v) is 38.0. The first-order valence-electron chi connectivity index (χ1n) is 29.1. The fourth-order valence-corrected chi connectivity index (χ4v) is 9.17. The first kappa shape index (κ1) is 91.0. The van der Waals surface area contributed by atoms with Crippen LogP contribution >= 0.6 is 30.7 Å². The maximum absolute atomic E-state index is 11.8. The monoisotopic (exact) mass is 1420 g/mol. The third-order valence-corrected chi connectivity index (χ3v) is 13.9. The second-order valence-electron chi connectivity index (χ2n) is 20.6. The molecule has 1 N–H and O–H groups in total. The van der Waals surface area contributed by atoms with Crippen LogP contribution in [0.5, 0.6) is 0 Å². The van der Waals surface area contributed by atoms with Crippen LogP contribution in [0.2, 0.25) is 0 Å². The van der Waals surface area contributed by atoms with Gasteiger partial charge in [0, 0.05) is 12.9 Å². The van der Waals surface area contributed by atoms with Crippen molar-refractivity contribution < 1.29 is 119 Å². The number of allylic oxidation sites excluding steroid dienone is 3. The zero-order valence-corrected chi connectivity index (χ0v) is 58.0. The van der Waals surface area contributed by atoms with Crippen molar-refractivity contribution in [1.29, 1.82) is 0 Å². The van der Waals surface area contributed by atoms with Crippen LogP contribution in [0, 0.1) is 0 Å². The molecule has 0 spiro atoms. The normalized spacial score (nSPS) is 13.8.